The molecule has 0 spiro atoms. The largest absolute Gasteiger partial charge is 0.375 e. The van der Waals surface area contributed by atoms with Crippen LogP contribution in [0.2, 0.25) is 5.02 Å². The van der Waals surface area contributed by atoms with Gasteiger partial charge < -0.3 is 19.9 Å². The molecule has 1 heterocycles. The lowest BCUT2D eigenvalue weighted by Gasteiger charge is -2.41. The molecule has 30 heavy (non-hydrogen) atoms. The minimum Gasteiger partial charge on any atom is -0.375 e. The van der Waals surface area contributed by atoms with E-state index in [2.05, 4.69) is 5.32 Å². The number of carbonyl (C=O) groups excluding carboxylic acids is 3. The highest BCUT2D eigenvalue weighted by Gasteiger charge is 2.37. The van der Waals surface area contributed by atoms with Crippen LogP contribution in [0.1, 0.15) is 31.2 Å². The van der Waals surface area contributed by atoms with E-state index < -0.39 is 0 Å². The third-order valence-corrected chi connectivity index (χ3v) is 6.18. The Labute approximate surface area is 182 Å². The summed E-state index contributed by atoms with van der Waals surface area (Å²) in [5.41, 5.74) is 0.841. The van der Waals surface area contributed by atoms with Gasteiger partial charge in [0.05, 0.1) is 12.3 Å². The second kappa shape index (κ2) is 10.8. The maximum atomic E-state index is 13.0. The highest BCUT2D eigenvalue weighted by molar-refractivity contribution is 6.30. The molecule has 1 saturated heterocycles. The number of benzene rings is 1. The number of ether oxygens (including phenoxy) is 1. The van der Waals surface area contributed by atoms with E-state index in [0.29, 0.717) is 31.2 Å². The number of fused-ring (bicyclic) bond motifs is 1. The third kappa shape index (κ3) is 5.73. The monoisotopic (exact) mass is 435 g/mol. The number of hydrogen-bond acceptors (Lipinski definition) is 4. The molecule has 1 aromatic rings. The van der Waals surface area contributed by atoms with E-state index in [9.17, 15) is 14.4 Å². The van der Waals surface area contributed by atoms with Crippen molar-refractivity contribution in [1.82, 2.24) is 15.1 Å². The molecule has 0 radical (unpaired) electrons. The first kappa shape index (κ1) is 22.6. The van der Waals surface area contributed by atoms with Gasteiger partial charge in [-0.25, -0.2) is 0 Å². The van der Waals surface area contributed by atoms with Gasteiger partial charge in [-0.3, -0.25) is 14.4 Å². The van der Waals surface area contributed by atoms with Crippen LogP contribution in [0.3, 0.4) is 0 Å². The van der Waals surface area contributed by atoms with Gasteiger partial charge in [-0.1, -0.05) is 36.6 Å². The van der Waals surface area contributed by atoms with Gasteiger partial charge in [0.15, 0.2) is 0 Å². The SMILES string of the molecule is COCC(=O)N1CCN(C(=O)Cc2cccc(Cl)c2)CCNC(=O)[C@H]2CCCC[C@H]21. The van der Waals surface area contributed by atoms with Gasteiger partial charge >= 0.3 is 0 Å². The summed E-state index contributed by atoms with van der Waals surface area (Å²) >= 11 is 6.04. The van der Waals surface area contributed by atoms with E-state index >= 15 is 0 Å². The topological polar surface area (TPSA) is 79.0 Å². The molecule has 2 aliphatic rings. The van der Waals surface area contributed by atoms with E-state index in [1.54, 1.807) is 21.9 Å². The minimum atomic E-state index is -0.201. The van der Waals surface area contributed by atoms with Crippen LogP contribution < -0.4 is 5.32 Å². The van der Waals surface area contributed by atoms with Gasteiger partial charge in [-0.2, -0.15) is 0 Å². The van der Waals surface area contributed by atoms with Crippen molar-refractivity contribution in [2.45, 2.75) is 38.1 Å². The van der Waals surface area contributed by atoms with Crippen LogP contribution in [0.5, 0.6) is 0 Å². The number of amides is 3. The number of hydrogen-bond donors (Lipinski definition) is 1. The van der Waals surface area contributed by atoms with Crippen molar-refractivity contribution in [1.29, 1.82) is 0 Å². The van der Waals surface area contributed by atoms with Crippen LogP contribution >= 0.6 is 11.6 Å². The smallest absolute Gasteiger partial charge is 0.248 e. The predicted octanol–water partition coefficient (Wildman–Crippen LogP) is 1.87. The third-order valence-electron chi connectivity index (χ3n) is 5.94. The van der Waals surface area contributed by atoms with Crippen LogP contribution in [0.15, 0.2) is 24.3 Å². The zero-order valence-corrected chi connectivity index (χ0v) is 18.2. The number of rotatable bonds is 4. The van der Waals surface area contributed by atoms with E-state index in [1.165, 1.54) is 7.11 Å². The molecule has 1 saturated carbocycles. The number of halogens is 1. The molecule has 3 rings (SSSR count). The first-order chi connectivity index (χ1) is 14.5. The summed E-state index contributed by atoms with van der Waals surface area (Å²) in [6.45, 7) is 1.62. The Morgan fingerprint density at radius 1 is 1.17 bits per heavy atom. The van der Waals surface area contributed by atoms with E-state index in [1.807, 2.05) is 12.1 Å². The van der Waals surface area contributed by atoms with Gasteiger partial charge in [-0.05, 0) is 30.5 Å². The van der Waals surface area contributed by atoms with Crippen molar-refractivity contribution in [3.05, 3.63) is 34.9 Å². The zero-order valence-electron chi connectivity index (χ0n) is 17.4. The van der Waals surface area contributed by atoms with E-state index in [4.69, 9.17) is 16.3 Å². The Morgan fingerprint density at radius 3 is 2.73 bits per heavy atom. The maximum absolute atomic E-state index is 13.0. The molecule has 2 atom stereocenters. The van der Waals surface area contributed by atoms with Gasteiger partial charge in [0.25, 0.3) is 0 Å². The highest BCUT2D eigenvalue weighted by atomic mass is 35.5. The number of nitrogens with zero attached hydrogens (tertiary/aromatic N) is 2. The first-order valence-electron chi connectivity index (χ1n) is 10.6. The quantitative estimate of drug-likeness (QED) is 0.783. The summed E-state index contributed by atoms with van der Waals surface area (Å²) in [5, 5.41) is 3.57. The summed E-state index contributed by atoms with van der Waals surface area (Å²) in [5.74, 6) is -0.413. The summed E-state index contributed by atoms with van der Waals surface area (Å²) < 4.78 is 5.07. The first-order valence-corrected chi connectivity index (χ1v) is 11.0. The molecule has 1 aromatic carbocycles. The molecular weight excluding hydrogens is 406 g/mol. The molecule has 0 unspecified atom stereocenters. The highest BCUT2D eigenvalue weighted by Crippen LogP contribution is 2.29. The van der Waals surface area contributed by atoms with Crippen LogP contribution in [-0.2, 0) is 25.5 Å². The Morgan fingerprint density at radius 2 is 1.97 bits per heavy atom. The molecule has 0 bridgehead atoms. The fourth-order valence-corrected chi connectivity index (χ4v) is 4.65. The second-order valence-corrected chi connectivity index (χ2v) is 8.39. The Bertz CT molecular complexity index is 773. The summed E-state index contributed by atoms with van der Waals surface area (Å²) in [6.07, 6.45) is 3.79. The molecule has 1 aliphatic heterocycles. The Kier molecular flexibility index (Phi) is 8.10. The molecule has 7 nitrogen and oxygen atoms in total. The Hall–Kier alpha value is -2.12. The fourth-order valence-electron chi connectivity index (χ4n) is 4.44. The van der Waals surface area contributed by atoms with Gasteiger partial charge in [0.2, 0.25) is 17.7 Å². The average Bonchev–Trinajstić information content (AvgIpc) is 2.72. The fraction of sp³-hybridized carbons (Fsp3) is 0.591. The molecule has 2 fully saturated rings. The zero-order chi connectivity index (χ0) is 21.5. The second-order valence-electron chi connectivity index (χ2n) is 7.96. The van der Waals surface area contributed by atoms with Crippen molar-refractivity contribution in [3.63, 3.8) is 0 Å². The lowest BCUT2D eigenvalue weighted by atomic mass is 9.82. The van der Waals surface area contributed by atoms with Crippen molar-refractivity contribution in [2.75, 3.05) is 39.9 Å². The lowest BCUT2D eigenvalue weighted by Crippen LogP contribution is -2.56. The summed E-state index contributed by atoms with van der Waals surface area (Å²) in [6, 6.07) is 7.10. The van der Waals surface area contributed by atoms with Crippen molar-refractivity contribution >= 4 is 29.3 Å². The van der Waals surface area contributed by atoms with Crippen LogP contribution in [0.4, 0.5) is 0 Å². The number of nitrogens with one attached hydrogen (secondary N) is 1. The summed E-state index contributed by atoms with van der Waals surface area (Å²) in [4.78, 5) is 42.0. The molecule has 3 amide bonds. The van der Waals surface area contributed by atoms with Gasteiger partial charge in [0.1, 0.15) is 6.61 Å². The van der Waals surface area contributed by atoms with E-state index in [0.717, 1.165) is 31.2 Å². The van der Waals surface area contributed by atoms with Crippen LogP contribution in [-0.4, -0.2) is 73.5 Å². The molecular formula is C22H30ClN3O4. The molecule has 1 aliphatic carbocycles. The van der Waals surface area contributed by atoms with Gasteiger partial charge in [0, 0.05) is 44.4 Å². The number of carbonyl (C=O) groups is 3. The molecule has 164 valence electrons. The average molecular weight is 436 g/mol. The van der Waals surface area contributed by atoms with Crippen molar-refractivity contribution in [3.8, 4) is 0 Å². The van der Waals surface area contributed by atoms with Crippen molar-refractivity contribution < 1.29 is 19.1 Å². The summed E-state index contributed by atoms with van der Waals surface area (Å²) in [7, 11) is 1.49. The molecule has 8 heteroatoms. The van der Waals surface area contributed by atoms with Gasteiger partial charge in [-0.15, -0.1) is 0 Å². The van der Waals surface area contributed by atoms with Crippen molar-refractivity contribution in [2.24, 2.45) is 5.92 Å². The number of methoxy groups -OCH3 is 1. The molecule has 0 aromatic heterocycles. The van der Waals surface area contributed by atoms with Crippen LogP contribution in [0.25, 0.3) is 0 Å². The maximum Gasteiger partial charge on any atom is 0.248 e. The van der Waals surface area contributed by atoms with E-state index in [-0.39, 0.29) is 42.7 Å². The minimum absolute atomic E-state index is 0.0265. The van der Waals surface area contributed by atoms with Crippen LogP contribution in [0, 0.1) is 5.92 Å². The predicted molar refractivity (Wildman–Crippen MR) is 114 cm³/mol. The Balaban J connectivity index is 1.76. The lowest BCUT2D eigenvalue weighted by molar-refractivity contribution is -0.144. The standard InChI is InChI=1S/C22H30ClN3O4/c1-30-15-21(28)26-12-11-25(20(27)14-16-5-4-6-17(23)13-16)10-9-24-22(29)18-7-2-3-8-19(18)26/h4-6,13,18-19H,2-3,7-12,14-15H2,1H3,(H,24,29)/t18-,19+/m0/s1. The molecule has 1 N–H and O–H groups in total. The normalized spacial score (nSPS) is 22.8.